The third-order valence-electron chi connectivity index (χ3n) is 6.50. The molecule has 0 bridgehead atoms. The zero-order chi connectivity index (χ0) is 19.1. The SMILES string of the molecule is CC1CCC(C)(C(=O)Nc2ccn(C3COC(CO)O3)c(=O)n2)C1(C)C. The summed E-state index contributed by atoms with van der Waals surface area (Å²) in [5.74, 6) is 0.556. The molecule has 8 nitrogen and oxygen atoms in total. The third-order valence-corrected chi connectivity index (χ3v) is 6.50. The normalized spacial score (nSPS) is 33.3. The van der Waals surface area contributed by atoms with Crippen molar-refractivity contribution in [3.05, 3.63) is 22.7 Å². The summed E-state index contributed by atoms with van der Waals surface area (Å²) >= 11 is 0. The van der Waals surface area contributed by atoms with E-state index in [4.69, 9.17) is 14.6 Å². The van der Waals surface area contributed by atoms with Gasteiger partial charge in [-0.3, -0.25) is 9.36 Å². The minimum Gasteiger partial charge on any atom is -0.391 e. The molecule has 0 spiro atoms. The molecule has 4 atom stereocenters. The average molecular weight is 365 g/mol. The molecule has 3 rings (SSSR count). The monoisotopic (exact) mass is 365 g/mol. The minimum atomic E-state index is -0.738. The van der Waals surface area contributed by atoms with E-state index < -0.39 is 23.6 Å². The summed E-state index contributed by atoms with van der Waals surface area (Å²) in [5.41, 5.74) is -1.20. The second-order valence-electron chi connectivity index (χ2n) is 7.99. The summed E-state index contributed by atoms with van der Waals surface area (Å²) in [4.78, 5) is 29.1. The number of nitrogens with one attached hydrogen (secondary N) is 1. The van der Waals surface area contributed by atoms with Crippen molar-refractivity contribution in [3.8, 4) is 0 Å². The lowest BCUT2D eigenvalue weighted by atomic mass is 9.65. The van der Waals surface area contributed by atoms with Gasteiger partial charge in [-0.2, -0.15) is 4.98 Å². The van der Waals surface area contributed by atoms with Crippen LogP contribution in [0.5, 0.6) is 0 Å². The topological polar surface area (TPSA) is 103 Å². The van der Waals surface area contributed by atoms with Crippen molar-refractivity contribution < 1.29 is 19.4 Å². The number of aromatic nitrogens is 2. The maximum Gasteiger partial charge on any atom is 0.351 e. The van der Waals surface area contributed by atoms with Crippen LogP contribution >= 0.6 is 0 Å². The molecule has 26 heavy (non-hydrogen) atoms. The molecule has 2 aliphatic rings. The van der Waals surface area contributed by atoms with E-state index in [1.54, 1.807) is 6.07 Å². The number of carbonyl (C=O) groups excluding carboxylic acids is 1. The highest BCUT2D eigenvalue weighted by molar-refractivity contribution is 5.95. The highest BCUT2D eigenvalue weighted by atomic mass is 16.7. The van der Waals surface area contributed by atoms with Gasteiger partial charge >= 0.3 is 5.69 Å². The first-order valence-corrected chi connectivity index (χ1v) is 8.97. The van der Waals surface area contributed by atoms with E-state index in [9.17, 15) is 9.59 Å². The summed E-state index contributed by atoms with van der Waals surface area (Å²) in [6, 6.07) is 1.57. The van der Waals surface area contributed by atoms with Crippen LogP contribution in [-0.2, 0) is 14.3 Å². The lowest BCUT2D eigenvalue weighted by Gasteiger charge is -2.39. The first-order chi connectivity index (χ1) is 12.2. The van der Waals surface area contributed by atoms with Crippen molar-refractivity contribution in [2.24, 2.45) is 16.7 Å². The zero-order valence-corrected chi connectivity index (χ0v) is 15.7. The molecule has 1 aliphatic carbocycles. The molecular formula is C18H27N3O5. The summed E-state index contributed by atoms with van der Waals surface area (Å²) in [5, 5.41) is 11.8. The lowest BCUT2D eigenvalue weighted by Crippen LogP contribution is -2.43. The number of amides is 1. The molecule has 144 valence electrons. The minimum absolute atomic E-state index is 0.114. The van der Waals surface area contributed by atoms with Crippen LogP contribution in [0.2, 0.25) is 0 Å². The van der Waals surface area contributed by atoms with E-state index >= 15 is 0 Å². The third kappa shape index (κ3) is 3.06. The number of aliphatic hydroxyl groups is 1. The highest BCUT2D eigenvalue weighted by Crippen LogP contribution is 2.56. The van der Waals surface area contributed by atoms with Gasteiger partial charge in [0, 0.05) is 6.20 Å². The number of hydrogen-bond donors (Lipinski definition) is 2. The van der Waals surface area contributed by atoms with Gasteiger partial charge in [0.15, 0.2) is 12.5 Å². The quantitative estimate of drug-likeness (QED) is 0.838. The summed E-state index contributed by atoms with van der Waals surface area (Å²) in [7, 11) is 0. The lowest BCUT2D eigenvalue weighted by molar-refractivity contribution is -0.130. The van der Waals surface area contributed by atoms with Crippen molar-refractivity contribution in [3.63, 3.8) is 0 Å². The van der Waals surface area contributed by atoms with Gasteiger partial charge in [0.25, 0.3) is 0 Å². The van der Waals surface area contributed by atoms with E-state index in [1.165, 1.54) is 10.8 Å². The van der Waals surface area contributed by atoms with Crippen molar-refractivity contribution in [1.82, 2.24) is 9.55 Å². The smallest absolute Gasteiger partial charge is 0.351 e. The van der Waals surface area contributed by atoms with Gasteiger partial charge < -0.3 is 19.9 Å². The van der Waals surface area contributed by atoms with E-state index in [0.717, 1.165) is 12.8 Å². The molecule has 1 saturated heterocycles. The number of nitrogens with zero attached hydrogens (tertiary/aromatic N) is 2. The zero-order valence-electron chi connectivity index (χ0n) is 15.7. The van der Waals surface area contributed by atoms with Crippen LogP contribution in [0.3, 0.4) is 0 Å². The van der Waals surface area contributed by atoms with Gasteiger partial charge in [0.05, 0.1) is 18.6 Å². The number of carbonyl (C=O) groups is 1. The standard InChI is InChI=1S/C18H27N3O5/c1-11-5-7-18(4,17(11,2)3)15(23)19-12-6-8-21(16(24)20-12)13-10-25-14(9-22)26-13/h6,8,11,13-14,22H,5,7,9-10H2,1-4H3,(H,19,20,23,24). The number of aliphatic hydroxyl groups excluding tert-OH is 1. The van der Waals surface area contributed by atoms with E-state index in [2.05, 4.69) is 31.1 Å². The van der Waals surface area contributed by atoms with Crippen molar-refractivity contribution in [2.45, 2.75) is 53.1 Å². The predicted octanol–water partition coefficient (Wildman–Crippen LogP) is 1.51. The van der Waals surface area contributed by atoms with Gasteiger partial charge in [-0.25, -0.2) is 4.79 Å². The molecule has 1 aromatic heterocycles. The molecule has 2 N–H and O–H groups in total. The Morgan fingerprint density at radius 1 is 1.46 bits per heavy atom. The number of rotatable bonds is 4. The first-order valence-electron chi connectivity index (χ1n) is 8.97. The van der Waals surface area contributed by atoms with Gasteiger partial charge in [0.2, 0.25) is 5.91 Å². The molecule has 8 heteroatoms. The summed E-state index contributed by atoms with van der Waals surface area (Å²) < 4.78 is 11.9. The van der Waals surface area contributed by atoms with Crippen molar-refractivity contribution in [2.75, 3.05) is 18.5 Å². The fourth-order valence-electron chi connectivity index (χ4n) is 3.78. The molecule has 4 unspecified atom stereocenters. The van der Waals surface area contributed by atoms with Crippen LogP contribution < -0.4 is 11.0 Å². The molecule has 1 aromatic rings. The summed E-state index contributed by atoms with van der Waals surface area (Å²) in [6.45, 7) is 8.25. The number of anilines is 1. The van der Waals surface area contributed by atoms with E-state index in [1.807, 2.05) is 6.92 Å². The Kier molecular flexibility index (Phi) is 4.94. The average Bonchev–Trinajstić information content (AvgIpc) is 3.14. The van der Waals surface area contributed by atoms with Gasteiger partial charge in [0.1, 0.15) is 5.82 Å². The maximum atomic E-state index is 12.9. The van der Waals surface area contributed by atoms with E-state index in [-0.39, 0.29) is 30.4 Å². The Morgan fingerprint density at radius 2 is 2.19 bits per heavy atom. The van der Waals surface area contributed by atoms with Crippen molar-refractivity contribution >= 4 is 11.7 Å². The second kappa shape index (κ2) is 6.75. The molecule has 2 fully saturated rings. The van der Waals surface area contributed by atoms with Gasteiger partial charge in [-0.1, -0.05) is 27.7 Å². The Morgan fingerprint density at radius 3 is 2.73 bits per heavy atom. The van der Waals surface area contributed by atoms with Gasteiger partial charge in [-0.05, 0) is 30.2 Å². The predicted molar refractivity (Wildman–Crippen MR) is 94.4 cm³/mol. The Bertz CT molecular complexity index is 747. The van der Waals surface area contributed by atoms with Crippen LogP contribution in [0.4, 0.5) is 5.82 Å². The molecule has 2 heterocycles. The molecule has 1 amide bonds. The van der Waals surface area contributed by atoms with Crippen molar-refractivity contribution in [1.29, 1.82) is 0 Å². The van der Waals surface area contributed by atoms with Crippen LogP contribution in [0.25, 0.3) is 0 Å². The van der Waals surface area contributed by atoms with Crippen LogP contribution in [0.15, 0.2) is 17.1 Å². The summed E-state index contributed by atoms with van der Waals surface area (Å²) in [6.07, 6.45) is 1.95. The largest absolute Gasteiger partial charge is 0.391 e. The Labute approximate surface area is 152 Å². The molecule has 0 radical (unpaired) electrons. The van der Waals surface area contributed by atoms with E-state index in [0.29, 0.717) is 5.92 Å². The number of ether oxygens (including phenoxy) is 2. The fourth-order valence-corrected chi connectivity index (χ4v) is 3.78. The molecular weight excluding hydrogens is 338 g/mol. The Hall–Kier alpha value is -1.77. The fraction of sp³-hybridized carbons (Fsp3) is 0.722. The van der Waals surface area contributed by atoms with Gasteiger partial charge in [-0.15, -0.1) is 0 Å². The maximum absolute atomic E-state index is 12.9. The molecule has 1 aliphatic heterocycles. The van der Waals surface area contributed by atoms with Crippen LogP contribution in [-0.4, -0.2) is 40.1 Å². The Balaban J connectivity index is 1.74. The first kappa shape index (κ1) is 19.0. The van der Waals surface area contributed by atoms with Crippen LogP contribution in [0.1, 0.15) is 46.8 Å². The second-order valence-corrected chi connectivity index (χ2v) is 7.99. The molecule has 0 aromatic carbocycles. The number of hydrogen-bond acceptors (Lipinski definition) is 6. The highest BCUT2D eigenvalue weighted by Gasteiger charge is 2.54. The molecule has 1 saturated carbocycles. The van der Waals surface area contributed by atoms with Crippen LogP contribution in [0, 0.1) is 16.7 Å².